The highest BCUT2D eigenvalue weighted by Gasteiger charge is 2.19. The van der Waals surface area contributed by atoms with E-state index in [0.717, 1.165) is 55.3 Å². The Hall–Kier alpha value is -7.72. The lowest BCUT2D eigenvalue weighted by atomic mass is 9.85. The van der Waals surface area contributed by atoms with Crippen molar-refractivity contribution in [3.63, 3.8) is 0 Å². The van der Waals surface area contributed by atoms with Gasteiger partial charge in [0.15, 0.2) is 0 Å². The van der Waals surface area contributed by atoms with Gasteiger partial charge in [0.1, 0.15) is 0 Å². The van der Waals surface area contributed by atoms with Crippen molar-refractivity contribution in [2.45, 2.75) is 0 Å². The van der Waals surface area contributed by atoms with Gasteiger partial charge < -0.3 is 4.57 Å². The van der Waals surface area contributed by atoms with Crippen LogP contribution in [0.3, 0.4) is 0 Å². The first kappa shape index (κ1) is 32.0. The number of benzene rings is 9. The van der Waals surface area contributed by atoms with Crippen molar-refractivity contribution >= 4 is 43.4 Å². The van der Waals surface area contributed by atoms with Gasteiger partial charge in [0.2, 0.25) is 0 Å². The summed E-state index contributed by atoms with van der Waals surface area (Å²) in [5.41, 5.74) is 13.1. The van der Waals surface area contributed by atoms with Crippen molar-refractivity contribution in [2.75, 3.05) is 0 Å². The normalized spacial score (nSPS) is 11.2. The summed E-state index contributed by atoms with van der Waals surface area (Å²) in [7, 11) is 0. The Bertz CT molecular complexity index is 3170. The molecule has 1 heterocycles. The van der Waals surface area contributed by atoms with Crippen LogP contribution >= 0.6 is 0 Å². The molecule has 0 fully saturated rings. The average molecular weight is 698 g/mol. The third kappa shape index (κ3) is 5.27. The van der Waals surface area contributed by atoms with Gasteiger partial charge in [-0.05, 0) is 115 Å². The maximum Gasteiger partial charge on any atom is 0.0992 e. The molecule has 3 nitrogen and oxygen atoms in total. The third-order valence-corrected chi connectivity index (χ3v) is 10.8. The number of para-hydroxylation sites is 1. The maximum absolute atomic E-state index is 10.3. The minimum atomic E-state index is 0.576. The molecular weight excluding hydrogens is 667 g/mol. The second-order valence-corrected chi connectivity index (χ2v) is 13.9. The number of aromatic nitrogens is 1. The largest absolute Gasteiger partial charge is 0.309 e. The molecule has 10 aromatic rings. The highest BCUT2D eigenvalue weighted by atomic mass is 15.0. The number of fused-ring (bicyclic) bond motifs is 5. The summed E-state index contributed by atoms with van der Waals surface area (Å²) in [6, 6.07) is 70.4. The Morgan fingerprint density at radius 1 is 0.327 bits per heavy atom. The van der Waals surface area contributed by atoms with Crippen LogP contribution < -0.4 is 0 Å². The SMILES string of the molecule is N#Cc1cc(-c2ccccc2-c2cccc(-c3c4ccccc4c(-c4ccccc4)c4ccccc34)c2)cc(-n2c3ccccc3c3cc(C#N)ccc32)c1. The first-order chi connectivity index (χ1) is 27.2. The lowest BCUT2D eigenvalue weighted by Crippen LogP contribution is -1.96. The number of nitrogens with zero attached hydrogens (tertiary/aromatic N) is 3. The number of hydrogen-bond acceptors (Lipinski definition) is 2. The van der Waals surface area contributed by atoms with Crippen LogP contribution in [0.4, 0.5) is 0 Å². The van der Waals surface area contributed by atoms with Gasteiger partial charge in [-0.3, -0.25) is 0 Å². The highest BCUT2D eigenvalue weighted by molar-refractivity contribution is 6.21. The van der Waals surface area contributed by atoms with E-state index in [1.54, 1.807) is 0 Å². The Balaban J connectivity index is 1.16. The zero-order valence-corrected chi connectivity index (χ0v) is 29.7. The van der Waals surface area contributed by atoms with Crippen molar-refractivity contribution in [1.82, 2.24) is 4.57 Å². The molecule has 0 unspecified atom stereocenters. The molecule has 0 N–H and O–H groups in total. The monoisotopic (exact) mass is 697 g/mol. The smallest absolute Gasteiger partial charge is 0.0992 e. The third-order valence-electron chi connectivity index (χ3n) is 10.8. The van der Waals surface area contributed by atoms with Gasteiger partial charge in [-0.1, -0.05) is 140 Å². The lowest BCUT2D eigenvalue weighted by molar-refractivity contribution is 1.18. The van der Waals surface area contributed by atoms with Gasteiger partial charge in [0.05, 0.1) is 34.3 Å². The summed E-state index contributed by atoms with van der Waals surface area (Å²) < 4.78 is 2.20. The first-order valence-electron chi connectivity index (χ1n) is 18.4. The van der Waals surface area contributed by atoms with Gasteiger partial charge in [-0.15, -0.1) is 0 Å². The van der Waals surface area contributed by atoms with E-state index < -0.39 is 0 Å². The van der Waals surface area contributed by atoms with Crippen LogP contribution in [0, 0.1) is 22.7 Å². The van der Waals surface area contributed by atoms with Crippen LogP contribution in [-0.4, -0.2) is 4.57 Å². The molecule has 0 bridgehead atoms. The van der Waals surface area contributed by atoms with Crippen LogP contribution in [-0.2, 0) is 0 Å². The summed E-state index contributed by atoms with van der Waals surface area (Å²) in [5, 5.41) is 27.0. The van der Waals surface area contributed by atoms with Crippen LogP contribution in [0.15, 0.2) is 188 Å². The fourth-order valence-electron chi connectivity index (χ4n) is 8.47. The van der Waals surface area contributed by atoms with Crippen molar-refractivity contribution < 1.29 is 0 Å². The zero-order valence-electron chi connectivity index (χ0n) is 29.7. The summed E-state index contributed by atoms with van der Waals surface area (Å²) in [5.74, 6) is 0. The van der Waals surface area contributed by atoms with E-state index in [9.17, 15) is 10.5 Å². The first-order valence-corrected chi connectivity index (χ1v) is 18.4. The zero-order chi connectivity index (χ0) is 36.9. The van der Waals surface area contributed by atoms with Gasteiger partial charge in [0, 0.05) is 16.5 Å². The van der Waals surface area contributed by atoms with Crippen LogP contribution in [0.1, 0.15) is 11.1 Å². The van der Waals surface area contributed by atoms with Crippen LogP contribution in [0.5, 0.6) is 0 Å². The van der Waals surface area contributed by atoms with E-state index in [0.29, 0.717) is 11.1 Å². The molecule has 3 heteroatoms. The van der Waals surface area contributed by atoms with Crippen molar-refractivity contribution in [3.05, 3.63) is 199 Å². The molecular formula is C52H31N3. The topological polar surface area (TPSA) is 52.5 Å². The van der Waals surface area contributed by atoms with E-state index in [1.807, 2.05) is 42.5 Å². The van der Waals surface area contributed by atoms with Crippen LogP contribution in [0.2, 0.25) is 0 Å². The summed E-state index contributed by atoms with van der Waals surface area (Å²) in [6.07, 6.45) is 0. The molecule has 0 saturated heterocycles. The molecule has 0 aliphatic carbocycles. The molecule has 0 spiro atoms. The predicted octanol–water partition coefficient (Wildman–Crippen LogP) is 13.5. The van der Waals surface area contributed by atoms with E-state index in [1.165, 1.54) is 38.2 Å². The number of rotatable bonds is 5. The molecule has 0 radical (unpaired) electrons. The number of hydrogen-bond donors (Lipinski definition) is 0. The quantitative estimate of drug-likeness (QED) is 0.168. The Kier molecular flexibility index (Phi) is 7.58. The van der Waals surface area contributed by atoms with Gasteiger partial charge >= 0.3 is 0 Å². The molecule has 55 heavy (non-hydrogen) atoms. The highest BCUT2D eigenvalue weighted by Crippen LogP contribution is 2.45. The maximum atomic E-state index is 10.3. The molecule has 0 aliphatic rings. The average Bonchev–Trinajstić information content (AvgIpc) is 3.59. The Morgan fingerprint density at radius 3 is 1.53 bits per heavy atom. The standard InChI is InChI=1S/C52H31N3/c53-32-34-25-26-50-48(29-34)43-19-10-11-24-49(43)55(50)40-28-35(33-54)27-39(31-40)42-18-5-4-17-41(42)37-15-12-16-38(30-37)52-46-22-8-6-20-44(46)51(36-13-2-1-3-14-36)45-21-7-9-23-47(45)52/h1-31H. The van der Waals surface area contributed by atoms with Crippen molar-refractivity contribution in [3.8, 4) is 62.3 Å². The molecule has 254 valence electrons. The molecule has 10 rings (SSSR count). The molecule has 0 aliphatic heterocycles. The van der Waals surface area contributed by atoms with Crippen molar-refractivity contribution in [2.24, 2.45) is 0 Å². The molecule has 0 amide bonds. The summed E-state index contributed by atoms with van der Waals surface area (Å²) in [6.45, 7) is 0. The Labute approximate surface area is 318 Å². The van der Waals surface area contributed by atoms with Crippen LogP contribution in [0.25, 0.3) is 93.5 Å². The molecule has 0 atom stereocenters. The fraction of sp³-hybridized carbons (Fsp3) is 0. The summed E-state index contributed by atoms with van der Waals surface area (Å²) >= 11 is 0. The molecule has 1 aromatic heterocycles. The molecule has 9 aromatic carbocycles. The van der Waals surface area contributed by atoms with E-state index in [4.69, 9.17) is 0 Å². The van der Waals surface area contributed by atoms with Crippen molar-refractivity contribution in [1.29, 1.82) is 10.5 Å². The minimum absolute atomic E-state index is 0.576. The minimum Gasteiger partial charge on any atom is -0.309 e. The second-order valence-electron chi connectivity index (χ2n) is 13.9. The van der Waals surface area contributed by atoms with E-state index in [-0.39, 0.29) is 0 Å². The van der Waals surface area contributed by atoms with Gasteiger partial charge in [0.25, 0.3) is 0 Å². The van der Waals surface area contributed by atoms with Gasteiger partial charge in [-0.2, -0.15) is 10.5 Å². The summed E-state index contributed by atoms with van der Waals surface area (Å²) in [4.78, 5) is 0. The van der Waals surface area contributed by atoms with E-state index in [2.05, 4.69) is 162 Å². The predicted molar refractivity (Wildman–Crippen MR) is 227 cm³/mol. The van der Waals surface area contributed by atoms with E-state index >= 15 is 0 Å². The fourth-order valence-corrected chi connectivity index (χ4v) is 8.47. The van der Waals surface area contributed by atoms with Gasteiger partial charge in [-0.25, -0.2) is 0 Å². The Morgan fingerprint density at radius 2 is 0.855 bits per heavy atom. The number of nitriles is 2. The second kappa shape index (κ2) is 13.0. The lowest BCUT2D eigenvalue weighted by Gasteiger charge is -2.18. The molecule has 0 saturated carbocycles.